The molecule has 10 nitrogen and oxygen atoms in total. The van der Waals surface area contributed by atoms with Crippen molar-refractivity contribution in [2.45, 2.75) is 6.54 Å². The van der Waals surface area contributed by atoms with Gasteiger partial charge < -0.3 is 20.1 Å². The van der Waals surface area contributed by atoms with Crippen LogP contribution in [0.25, 0.3) is 11.0 Å². The van der Waals surface area contributed by atoms with Gasteiger partial charge in [-0.25, -0.2) is 14.4 Å². The van der Waals surface area contributed by atoms with Crippen LogP contribution in [0.3, 0.4) is 0 Å². The Labute approximate surface area is 198 Å². The third-order valence-corrected chi connectivity index (χ3v) is 5.11. The number of anilines is 3. The van der Waals surface area contributed by atoms with E-state index in [9.17, 15) is 18.8 Å². The van der Waals surface area contributed by atoms with Crippen LogP contribution in [0.4, 0.5) is 21.6 Å². The maximum absolute atomic E-state index is 13.2. The molecule has 0 aliphatic heterocycles. The zero-order valence-electron chi connectivity index (χ0n) is 18.7. The van der Waals surface area contributed by atoms with Gasteiger partial charge in [0.2, 0.25) is 0 Å². The second-order valence-corrected chi connectivity index (χ2v) is 7.30. The predicted octanol–water partition coefficient (Wildman–Crippen LogP) is 3.11. The van der Waals surface area contributed by atoms with E-state index >= 15 is 0 Å². The second kappa shape index (κ2) is 10.00. The van der Waals surface area contributed by atoms with Crippen LogP contribution in [0.5, 0.6) is 5.75 Å². The van der Waals surface area contributed by atoms with E-state index in [1.54, 1.807) is 31.4 Å². The van der Waals surface area contributed by atoms with Crippen LogP contribution in [0, 0.1) is 5.82 Å². The number of benzene rings is 2. The van der Waals surface area contributed by atoms with Crippen LogP contribution < -0.4 is 20.9 Å². The van der Waals surface area contributed by atoms with Crippen LogP contribution >= 0.6 is 0 Å². The van der Waals surface area contributed by atoms with E-state index < -0.39 is 29.8 Å². The summed E-state index contributed by atoms with van der Waals surface area (Å²) in [6, 6.07) is 13.3. The van der Waals surface area contributed by atoms with E-state index in [1.165, 1.54) is 31.6 Å². The normalized spacial score (nSPS) is 10.6. The van der Waals surface area contributed by atoms with Gasteiger partial charge in [-0.15, -0.1) is 0 Å². The smallest absolute Gasteiger partial charge is 0.325 e. The van der Waals surface area contributed by atoms with Gasteiger partial charge in [-0.2, -0.15) is 0 Å². The molecule has 2 aromatic carbocycles. The minimum absolute atomic E-state index is 0.122. The summed E-state index contributed by atoms with van der Waals surface area (Å²) >= 11 is 0. The quantitative estimate of drug-likeness (QED) is 0.389. The lowest BCUT2D eigenvalue weighted by molar-refractivity contribution is -0.141. The molecule has 4 rings (SSSR count). The van der Waals surface area contributed by atoms with Crippen molar-refractivity contribution < 1.29 is 23.5 Å². The summed E-state index contributed by atoms with van der Waals surface area (Å²) in [6.45, 7) is -0.439. The SMILES string of the molecule is COC(=O)Cn1c(=O)c(NC(=O)c2ccc(F)cc2)cc2c(Nc3ccc(OC)cc3)ncnc21. The zero-order valence-corrected chi connectivity index (χ0v) is 18.7. The van der Waals surface area contributed by atoms with Crippen molar-refractivity contribution in [2.24, 2.45) is 0 Å². The number of ether oxygens (including phenoxy) is 2. The van der Waals surface area contributed by atoms with Crippen molar-refractivity contribution in [3.8, 4) is 5.75 Å². The molecule has 1 amide bonds. The maximum atomic E-state index is 13.2. The number of nitrogens with one attached hydrogen (secondary N) is 2. The Kier molecular flexibility index (Phi) is 6.67. The van der Waals surface area contributed by atoms with Gasteiger partial charge in [0.15, 0.2) is 0 Å². The van der Waals surface area contributed by atoms with Gasteiger partial charge in [0.05, 0.1) is 19.6 Å². The molecule has 0 aliphatic rings. The summed E-state index contributed by atoms with van der Waals surface area (Å²) < 4.78 is 24.2. The number of carbonyl (C=O) groups is 2. The van der Waals surface area contributed by atoms with Crippen molar-refractivity contribution >= 4 is 40.1 Å². The molecule has 0 unspecified atom stereocenters. The lowest BCUT2D eigenvalue weighted by Gasteiger charge is -2.15. The number of esters is 1. The number of halogens is 1. The molecule has 0 spiro atoms. The number of pyridine rings is 1. The van der Waals surface area contributed by atoms with Crippen molar-refractivity contribution in [3.05, 3.63) is 82.7 Å². The molecule has 0 fully saturated rings. The van der Waals surface area contributed by atoms with Gasteiger partial charge in [0.1, 0.15) is 41.6 Å². The van der Waals surface area contributed by atoms with E-state index in [1.807, 2.05) is 0 Å². The summed E-state index contributed by atoms with van der Waals surface area (Å²) in [5, 5.41) is 6.03. The number of aromatic nitrogens is 3. The molecule has 4 aromatic rings. The Morgan fingerprint density at radius 2 is 1.74 bits per heavy atom. The molecule has 0 aliphatic carbocycles. The van der Waals surface area contributed by atoms with Gasteiger partial charge in [-0.3, -0.25) is 19.0 Å². The fourth-order valence-electron chi connectivity index (χ4n) is 3.32. The minimum atomic E-state index is -0.682. The fourth-order valence-corrected chi connectivity index (χ4v) is 3.32. The van der Waals surface area contributed by atoms with Gasteiger partial charge in [-0.05, 0) is 54.6 Å². The van der Waals surface area contributed by atoms with E-state index in [0.29, 0.717) is 22.6 Å². The van der Waals surface area contributed by atoms with E-state index in [4.69, 9.17) is 9.47 Å². The van der Waals surface area contributed by atoms with Gasteiger partial charge >= 0.3 is 5.97 Å². The molecule has 2 N–H and O–H groups in total. The molecular weight excluding hydrogens is 457 g/mol. The largest absolute Gasteiger partial charge is 0.497 e. The Morgan fingerprint density at radius 3 is 2.40 bits per heavy atom. The molecule has 0 saturated heterocycles. The van der Waals surface area contributed by atoms with Crippen molar-refractivity contribution in [1.29, 1.82) is 0 Å². The molecule has 35 heavy (non-hydrogen) atoms. The van der Waals surface area contributed by atoms with Crippen molar-refractivity contribution in [2.75, 3.05) is 24.9 Å². The Bertz CT molecular complexity index is 1450. The van der Waals surface area contributed by atoms with E-state index in [-0.39, 0.29) is 16.9 Å². The van der Waals surface area contributed by atoms with Gasteiger partial charge in [0, 0.05) is 11.3 Å². The Morgan fingerprint density at radius 1 is 1.03 bits per heavy atom. The Hall–Kier alpha value is -4.80. The lowest BCUT2D eigenvalue weighted by atomic mass is 10.2. The van der Waals surface area contributed by atoms with Gasteiger partial charge in [0.25, 0.3) is 11.5 Å². The number of methoxy groups -OCH3 is 2. The van der Waals surface area contributed by atoms with Crippen LogP contribution in [0.2, 0.25) is 0 Å². The monoisotopic (exact) mass is 477 g/mol. The maximum Gasteiger partial charge on any atom is 0.325 e. The number of carbonyl (C=O) groups excluding carboxylic acids is 2. The van der Waals surface area contributed by atoms with Gasteiger partial charge in [-0.1, -0.05) is 0 Å². The summed E-state index contributed by atoms with van der Waals surface area (Å²) in [5.74, 6) is -0.817. The summed E-state index contributed by atoms with van der Waals surface area (Å²) in [6.07, 6.45) is 1.25. The summed E-state index contributed by atoms with van der Waals surface area (Å²) in [7, 11) is 2.75. The average molecular weight is 477 g/mol. The molecule has 2 heterocycles. The van der Waals surface area contributed by atoms with E-state index in [0.717, 1.165) is 16.7 Å². The molecule has 0 bridgehead atoms. The van der Waals surface area contributed by atoms with Crippen LogP contribution in [-0.4, -0.2) is 40.6 Å². The molecule has 2 aromatic heterocycles. The predicted molar refractivity (Wildman–Crippen MR) is 126 cm³/mol. The third kappa shape index (κ3) is 5.08. The molecule has 178 valence electrons. The highest BCUT2D eigenvalue weighted by atomic mass is 19.1. The molecular formula is C24H20FN5O5. The number of fused-ring (bicyclic) bond motifs is 1. The molecule has 0 radical (unpaired) electrons. The number of hydrogen-bond acceptors (Lipinski definition) is 8. The number of nitrogens with zero attached hydrogens (tertiary/aromatic N) is 3. The number of hydrogen-bond donors (Lipinski definition) is 2. The standard InChI is InChI=1S/C24H20FN5O5/c1-34-17-9-7-16(8-10-17)28-21-18-11-19(29-23(32)14-3-5-15(25)6-4-14)24(33)30(12-20(31)35-2)22(18)27-13-26-21/h3-11,13H,12H2,1-2H3,(H,29,32)(H,26,27,28). The molecule has 0 atom stereocenters. The minimum Gasteiger partial charge on any atom is -0.497 e. The second-order valence-electron chi connectivity index (χ2n) is 7.30. The van der Waals surface area contributed by atoms with Crippen LogP contribution in [0.1, 0.15) is 10.4 Å². The highest BCUT2D eigenvalue weighted by Crippen LogP contribution is 2.25. The van der Waals surface area contributed by atoms with Crippen molar-refractivity contribution in [3.63, 3.8) is 0 Å². The zero-order chi connectivity index (χ0) is 24.9. The third-order valence-electron chi connectivity index (χ3n) is 5.11. The van der Waals surface area contributed by atoms with Crippen LogP contribution in [0.15, 0.2) is 65.7 Å². The first-order valence-corrected chi connectivity index (χ1v) is 10.3. The highest BCUT2D eigenvalue weighted by molar-refractivity contribution is 6.05. The van der Waals surface area contributed by atoms with Crippen LogP contribution in [-0.2, 0) is 16.1 Å². The van der Waals surface area contributed by atoms with Crippen molar-refractivity contribution in [1.82, 2.24) is 14.5 Å². The number of amides is 1. The highest BCUT2D eigenvalue weighted by Gasteiger charge is 2.18. The van der Waals surface area contributed by atoms with E-state index in [2.05, 4.69) is 20.6 Å². The first kappa shape index (κ1) is 23.4. The number of rotatable bonds is 7. The first-order valence-electron chi connectivity index (χ1n) is 10.3. The molecule has 0 saturated carbocycles. The first-order chi connectivity index (χ1) is 16.9. The summed E-state index contributed by atoms with van der Waals surface area (Å²) in [4.78, 5) is 46.4. The molecule has 11 heteroatoms. The Balaban J connectivity index is 1.80. The lowest BCUT2D eigenvalue weighted by Crippen LogP contribution is -2.29. The topological polar surface area (TPSA) is 124 Å². The average Bonchev–Trinajstić information content (AvgIpc) is 2.87. The summed E-state index contributed by atoms with van der Waals surface area (Å²) in [5.41, 5.74) is 0.182. The fraction of sp³-hybridized carbons (Fsp3) is 0.125.